The fourth-order valence-corrected chi connectivity index (χ4v) is 1.64. The zero-order valence-electron chi connectivity index (χ0n) is 9.40. The average Bonchev–Trinajstić information content (AvgIpc) is 2.34. The molecule has 0 unspecified atom stereocenters. The number of rotatable bonds is 6. The Balaban J connectivity index is 2.59. The van der Waals surface area contributed by atoms with Gasteiger partial charge in [0.15, 0.2) is 18.1 Å². The highest BCUT2D eigenvalue weighted by molar-refractivity contribution is 9.10. The van der Waals surface area contributed by atoms with E-state index >= 15 is 0 Å². The monoisotopic (exact) mass is 303 g/mol. The van der Waals surface area contributed by atoms with E-state index < -0.39 is 0 Å². The molecule has 1 rings (SSSR count). The number of para-hydroxylation sites is 1. The number of carbonyl (C=O) groups is 1. The highest BCUT2D eigenvalue weighted by atomic mass is 79.9. The minimum absolute atomic E-state index is 0.0932. The largest absolute Gasteiger partial charge is 0.493 e. The zero-order valence-corrected chi connectivity index (χ0v) is 11.0. The highest BCUT2D eigenvalue weighted by Crippen LogP contribution is 2.34. The van der Waals surface area contributed by atoms with Crippen LogP contribution in [-0.4, -0.2) is 37.9 Å². The molecule has 17 heavy (non-hydrogen) atoms. The summed E-state index contributed by atoms with van der Waals surface area (Å²) in [5.74, 6) is 0.736. The van der Waals surface area contributed by atoms with Crippen molar-refractivity contribution in [2.24, 2.45) is 0 Å². The minimum atomic E-state index is -0.295. The van der Waals surface area contributed by atoms with Crippen molar-refractivity contribution in [3.05, 3.63) is 22.7 Å². The van der Waals surface area contributed by atoms with Crippen molar-refractivity contribution in [1.82, 2.24) is 5.32 Å². The number of aliphatic hydroxyl groups is 1. The summed E-state index contributed by atoms with van der Waals surface area (Å²) in [6.45, 7) is -0.00163. The number of hydrogen-bond donors (Lipinski definition) is 2. The lowest BCUT2D eigenvalue weighted by molar-refractivity contribution is -0.123. The van der Waals surface area contributed by atoms with Crippen molar-refractivity contribution in [3.63, 3.8) is 0 Å². The van der Waals surface area contributed by atoms with Crippen molar-refractivity contribution >= 4 is 21.8 Å². The lowest BCUT2D eigenvalue weighted by Gasteiger charge is -2.11. The molecule has 0 spiro atoms. The van der Waals surface area contributed by atoms with Gasteiger partial charge in [0.25, 0.3) is 5.91 Å². The molecule has 1 amide bonds. The summed E-state index contributed by atoms with van der Waals surface area (Å²) < 4.78 is 11.2. The fraction of sp³-hybridized carbons (Fsp3) is 0.364. The molecule has 0 saturated carbocycles. The second kappa shape index (κ2) is 7.13. The second-order valence-electron chi connectivity index (χ2n) is 3.13. The topological polar surface area (TPSA) is 67.8 Å². The number of benzene rings is 1. The Hall–Kier alpha value is -1.27. The number of halogens is 1. The summed E-state index contributed by atoms with van der Waals surface area (Å²) in [5.41, 5.74) is 0. The number of aliphatic hydroxyl groups excluding tert-OH is 1. The van der Waals surface area contributed by atoms with Crippen LogP contribution in [-0.2, 0) is 4.79 Å². The lowest BCUT2D eigenvalue weighted by atomic mass is 10.3. The molecule has 5 nitrogen and oxygen atoms in total. The van der Waals surface area contributed by atoms with Gasteiger partial charge in [-0.25, -0.2) is 0 Å². The smallest absolute Gasteiger partial charge is 0.258 e. The molecule has 0 saturated heterocycles. The first-order valence-electron chi connectivity index (χ1n) is 5.02. The summed E-state index contributed by atoms with van der Waals surface area (Å²) in [4.78, 5) is 11.3. The molecule has 0 aliphatic carbocycles. The van der Waals surface area contributed by atoms with Crippen LogP contribution >= 0.6 is 15.9 Å². The van der Waals surface area contributed by atoms with Gasteiger partial charge in [0, 0.05) is 6.54 Å². The number of nitrogens with one attached hydrogen (secondary N) is 1. The van der Waals surface area contributed by atoms with Gasteiger partial charge in [-0.3, -0.25) is 4.79 Å². The van der Waals surface area contributed by atoms with E-state index in [1.807, 2.05) is 6.07 Å². The Morgan fingerprint density at radius 2 is 2.29 bits per heavy atom. The van der Waals surface area contributed by atoms with Gasteiger partial charge in [-0.15, -0.1) is 0 Å². The van der Waals surface area contributed by atoms with E-state index in [-0.39, 0.29) is 25.7 Å². The minimum Gasteiger partial charge on any atom is -0.493 e. The van der Waals surface area contributed by atoms with Gasteiger partial charge in [-0.05, 0) is 28.1 Å². The zero-order chi connectivity index (χ0) is 12.7. The molecule has 1 aromatic carbocycles. The van der Waals surface area contributed by atoms with Crippen molar-refractivity contribution in [2.45, 2.75) is 0 Å². The molecule has 6 heteroatoms. The summed E-state index contributed by atoms with van der Waals surface area (Å²) in [6, 6.07) is 5.34. The van der Waals surface area contributed by atoms with Gasteiger partial charge >= 0.3 is 0 Å². The summed E-state index contributed by atoms with van der Waals surface area (Å²) in [6.07, 6.45) is 0. The quantitative estimate of drug-likeness (QED) is 0.821. The van der Waals surface area contributed by atoms with Gasteiger partial charge in [0.2, 0.25) is 0 Å². The number of hydrogen-bond acceptors (Lipinski definition) is 4. The van der Waals surface area contributed by atoms with E-state index in [0.717, 1.165) is 0 Å². The Kier molecular flexibility index (Phi) is 5.79. The Morgan fingerprint density at radius 1 is 1.53 bits per heavy atom. The molecule has 0 radical (unpaired) electrons. The standard InChI is InChI=1S/C11H14BrNO4/c1-16-9-4-2-3-8(12)11(9)17-7-10(15)13-5-6-14/h2-4,14H,5-7H2,1H3,(H,13,15). The van der Waals surface area contributed by atoms with Crippen LogP contribution in [0.15, 0.2) is 22.7 Å². The van der Waals surface area contributed by atoms with Crippen LogP contribution < -0.4 is 14.8 Å². The van der Waals surface area contributed by atoms with E-state index in [9.17, 15) is 4.79 Å². The molecule has 0 atom stereocenters. The molecule has 94 valence electrons. The van der Waals surface area contributed by atoms with Crippen LogP contribution in [0.2, 0.25) is 0 Å². The Bertz CT molecular complexity index is 384. The van der Waals surface area contributed by atoms with Crippen LogP contribution in [0.5, 0.6) is 11.5 Å². The van der Waals surface area contributed by atoms with Crippen molar-refractivity contribution in [2.75, 3.05) is 26.9 Å². The average molecular weight is 304 g/mol. The van der Waals surface area contributed by atoms with E-state index in [1.165, 1.54) is 7.11 Å². The maximum absolute atomic E-state index is 11.3. The molecule has 0 aromatic heterocycles. The predicted octanol–water partition coefficient (Wildman–Crippen LogP) is 0.945. The molecule has 0 heterocycles. The van der Waals surface area contributed by atoms with Gasteiger partial charge in [-0.2, -0.15) is 0 Å². The van der Waals surface area contributed by atoms with Gasteiger partial charge in [-0.1, -0.05) is 6.07 Å². The van der Waals surface area contributed by atoms with Crippen LogP contribution in [0.25, 0.3) is 0 Å². The molecule has 2 N–H and O–H groups in total. The van der Waals surface area contributed by atoms with Crippen LogP contribution in [0.4, 0.5) is 0 Å². The van der Waals surface area contributed by atoms with Gasteiger partial charge < -0.3 is 19.9 Å². The predicted molar refractivity (Wildman–Crippen MR) is 66.3 cm³/mol. The van der Waals surface area contributed by atoms with Crippen molar-refractivity contribution < 1.29 is 19.4 Å². The number of ether oxygens (including phenoxy) is 2. The molecule has 1 aromatic rings. The van der Waals surface area contributed by atoms with E-state index in [2.05, 4.69) is 21.2 Å². The summed E-state index contributed by atoms with van der Waals surface area (Å²) in [5, 5.41) is 11.0. The fourth-order valence-electron chi connectivity index (χ4n) is 1.17. The first-order valence-corrected chi connectivity index (χ1v) is 5.81. The van der Waals surface area contributed by atoms with Crippen LogP contribution in [0.1, 0.15) is 0 Å². The van der Waals surface area contributed by atoms with E-state index in [4.69, 9.17) is 14.6 Å². The van der Waals surface area contributed by atoms with Gasteiger partial charge in [0.1, 0.15) is 0 Å². The van der Waals surface area contributed by atoms with Crippen LogP contribution in [0, 0.1) is 0 Å². The van der Waals surface area contributed by atoms with E-state index in [1.54, 1.807) is 12.1 Å². The maximum atomic E-state index is 11.3. The summed E-state index contributed by atoms with van der Waals surface area (Å²) in [7, 11) is 1.53. The van der Waals surface area contributed by atoms with E-state index in [0.29, 0.717) is 16.0 Å². The molecular weight excluding hydrogens is 290 g/mol. The first kappa shape index (κ1) is 13.8. The SMILES string of the molecule is COc1cccc(Br)c1OCC(=O)NCCO. The third-order valence-electron chi connectivity index (χ3n) is 1.93. The molecule has 0 fully saturated rings. The number of carbonyl (C=O) groups excluding carboxylic acids is 1. The second-order valence-corrected chi connectivity index (χ2v) is 3.99. The lowest BCUT2D eigenvalue weighted by Crippen LogP contribution is -2.31. The highest BCUT2D eigenvalue weighted by Gasteiger charge is 2.10. The Labute approximate surface area is 108 Å². The third-order valence-corrected chi connectivity index (χ3v) is 2.56. The van der Waals surface area contributed by atoms with Crippen molar-refractivity contribution in [1.29, 1.82) is 0 Å². The molecule has 0 aliphatic rings. The third kappa shape index (κ3) is 4.24. The molecular formula is C11H14BrNO4. The Morgan fingerprint density at radius 3 is 2.94 bits per heavy atom. The molecule has 0 bridgehead atoms. The molecule has 0 aliphatic heterocycles. The normalized spacial score (nSPS) is 9.82. The summed E-state index contributed by atoms with van der Waals surface area (Å²) >= 11 is 3.31. The number of amides is 1. The first-order chi connectivity index (χ1) is 8.19. The van der Waals surface area contributed by atoms with Crippen LogP contribution in [0.3, 0.4) is 0 Å². The van der Waals surface area contributed by atoms with Gasteiger partial charge in [0.05, 0.1) is 18.2 Å². The number of methoxy groups -OCH3 is 1. The maximum Gasteiger partial charge on any atom is 0.258 e. The van der Waals surface area contributed by atoms with Crippen molar-refractivity contribution in [3.8, 4) is 11.5 Å².